The minimum Gasteiger partial charge on any atom is -0.378 e. The smallest absolute Gasteiger partial charge is 0.265 e. The molecule has 1 aliphatic heterocycles. The van der Waals surface area contributed by atoms with Crippen LogP contribution in [0.4, 0.5) is 11.4 Å². The lowest BCUT2D eigenvalue weighted by Crippen LogP contribution is -2.36. The fourth-order valence-corrected chi connectivity index (χ4v) is 4.09. The molecule has 33 heavy (non-hydrogen) atoms. The number of fused-ring (bicyclic) bond motifs is 1. The summed E-state index contributed by atoms with van der Waals surface area (Å²) in [7, 11) is 0. The first kappa shape index (κ1) is 20.9. The molecule has 0 unspecified atom stereocenters. The molecule has 4 aromatic rings. The molecule has 1 N–H and O–H groups in total. The summed E-state index contributed by atoms with van der Waals surface area (Å²) in [6, 6.07) is 22.1. The second kappa shape index (κ2) is 8.88. The average Bonchev–Trinajstić information content (AvgIpc) is 2.85. The van der Waals surface area contributed by atoms with E-state index < -0.39 is 0 Å². The van der Waals surface area contributed by atoms with Gasteiger partial charge in [-0.2, -0.15) is 0 Å². The Morgan fingerprint density at radius 3 is 2.30 bits per heavy atom. The Balaban J connectivity index is 1.33. The van der Waals surface area contributed by atoms with Gasteiger partial charge < -0.3 is 15.0 Å². The molecule has 0 aliphatic carbocycles. The predicted molar refractivity (Wildman–Crippen MR) is 130 cm³/mol. The molecular formula is C26H24N4O3. The van der Waals surface area contributed by atoms with Gasteiger partial charge in [0.05, 0.1) is 29.8 Å². The quantitative estimate of drug-likeness (QED) is 0.523. The Labute approximate surface area is 191 Å². The van der Waals surface area contributed by atoms with Crippen LogP contribution in [0.15, 0.2) is 77.6 Å². The number of anilines is 2. The van der Waals surface area contributed by atoms with Crippen molar-refractivity contribution in [1.82, 2.24) is 9.55 Å². The molecule has 0 bridgehead atoms. The van der Waals surface area contributed by atoms with E-state index in [0.29, 0.717) is 28.0 Å². The molecule has 1 fully saturated rings. The number of ether oxygens (including phenoxy) is 1. The molecule has 2 heterocycles. The van der Waals surface area contributed by atoms with E-state index in [9.17, 15) is 9.59 Å². The van der Waals surface area contributed by atoms with Crippen molar-refractivity contribution < 1.29 is 9.53 Å². The van der Waals surface area contributed by atoms with Crippen LogP contribution in [0.5, 0.6) is 0 Å². The fourth-order valence-electron chi connectivity index (χ4n) is 4.09. The number of aryl methyl sites for hydroxylation is 1. The molecule has 5 rings (SSSR count). The molecular weight excluding hydrogens is 416 g/mol. The Kier molecular flexibility index (Phi) is 5.62. The maximum atomic E-state index is 13.0. The van der Waals surface area contributed by atoms with E-state index in [0.717, 1.165) is 37.7 Å². The molecule has 1 saturated heterocycles. The molecule has 7 nitrogen and oxygen atoms in total. The third-order valence-electron chi connectivity index (χ3n) is 5.83. The van der Waals surface area contributed by atoms with Crippen molar-refractivity contribution >= 4 is 28.2 Å². The molecule has 1 aliphatic rings. The van der Waals surface area contributed by atoms with Crippen LogP contribution in [0.25, 0.3) is 16.6 Å². The zero-order valence-electron chi connectivity index (χ0n) is 18.3. The normalized spacial score (nSPS) is 13.8. The SMILES string of the molecule is Cc1nc2ccccc2c(=O)n1-c1ccc(C(=O)Nc2ccc(N3CCOCC3)cc2)cc1. The number of carbonyl (C=O) groups excluding carboxylic acids is 1. The van der Waals surface area contributed by atoms with Crippen molar-refractivity contribution in [2.45, 2.75) is 6.92 Å². The summed E-state index contributed by atoms with van der Waals surface area (Å²) in [5.74, 6) is 0.387. The van der Waals surface area contributed by atoms with Crippen molar-refractivity contribution in [3.05, 3.63) is 94.5 Å². The van der Waals surface area contributed by atoms with Crippen molar-refractivity contribution in [1.29, 1.82) is 0 Å². The maximum Gasteiger partial charge on any atom is 0.265 e. The number of nitrogens with zero attached hydrogens (tertiary/aromatic N) is 3. The van der Waals surface area contributed by atoms with E-state index in [1.54, 1.807) is 41.8 Å². The lowest BCUT2D eigenvalue weighted by atomic mass is 10.1. The van der Waals surface area contributed by atoms with Crippen LogP contribution in [0.2, 0.25) is 0 Å². The summed E-state index contributed by atoms with van der Waals surface area (Å²) in [6.07, 6.45) is 0. The van der Waals surface area contributed by atoms with Crippen LogP contribution in [-0.4, -0.2) is 41.8 Å². The number of para-hydroxylation sites is 1. The number of benzene rings is 3. The maximum absolute atomic E-state index is 13.0. The molecule has 0 atom stereocenters. The Morgan fingerprint density at radius 1 is 0.909 bits per heavy atom. The average molecular weight is 441 g/mol. The number of hydrogen-bond donors (Lipinski definition) is 1. The van der Waals surface area contributed by atoms with Crippen LogP contribution in [-0.2, 0) is 4.74 Å². The predicted octanol–water partition coefficient (Wildman–Crippen LogP) is 3.78. The van der Waals surface area contributed by atoms with E-state index in [1.165, 1.54) is 0 Å². The number of nitrogens with one attached hydrogen (secondary N) is 1. The summed E-state index contributed by atoms with van der Waals surface area (Å²) < 4.78 is 6.96. The number of hydrogen-bond acceptors (Lipinski definition) is 5. The Hall–Kier alpha value is -3.97. The van der Waals surface area contributed by atoms with E-state index in [2.05, 4.69) is 15.2 Å². The van der Waals surface area contributed by atoms with Gasteiger partial charge >= 0.3 is 0 Å². The first-order valence-electron chi connectivity index (χ1n) is 10.9. The fraction of sp³-hybridized carbons (Fsp3) is 0.192. The number of morpholine rings is 1. The minimum atomic E-state index is -0.207. The number of rotatable bonds is 4. The van der Waals surface area contributed by atoms with Crippen LogP contribution in [0.1, 0.15) is 16.2 Å². The van der Waals surface area contributed by atoms with Crippen molar-refractivity contribution in [3.63, 3.8) is 0 Å². The van der Waals surface area contributed by atoms with E-state index in [4.69, 9.17) is 4.74 Å². The first-order valence-corrected chi connectivity index (χ1v) is 10.9. The second-order valence-electron chi connectivity index (χ2n) is 7.96. The summed E-state index contributed by atoms with van der Waals surface area (Å²) >= 11 is 0. The van der Waals surface area contributed by atoms with E-state index in [1.807, 2.05) is 42.5 Å². The molecule has 0 radical (unpaired) electrons. The van der Waals surface area contributed by atoms with Gasteiger partial charge in [0, 0.05) is 30.0 Å². The molecule has 3 aromatic carbocycles. The van der Waals surface area contributed by atoms with E-state index in [-0.39, 0.29) is 11.5 Å². The third-order valence-corrected chi connectivity index (χ3v) is 5.83. The topological polar surface area (TPSA) is 76.5 Å². The number of amides is 1. The van der Waals surface area contributed by atoms with Gasteiger partial charge in [-0.3, -0.25) is 14.2 Å². The van der Waals surface area contributed by atoms with Gasteiger partial charge in [0.25, 0.3) is 11.5 Å². The van der Waals surface area contributed by atoms with Gasteiger partial charge in [-0.25, -0.2) is 4.98 Å². The zero-order valence-corrected chi connectivity index (χ0v) is 18.3. The lowest BCUT2D eigenvalue weighted by Gasteiger charge is -2.28. The minimum absolute atomic E-state index is 0.129. The van der Waals surface area contributed by atoms with Crippen LogP contribution in [0.3, 0.4) is 0 Å². The number of aromatic nitrogens is 2. The first-order chi connectivity index (χ1) is 16.1. The van der Waals surface area contributed by atoms with Gasteiger partial charge in [0.15, 0.2) is 0 Å². The second-order valence-corrected chi connectivity index (χ2v) is 7.96. The number of carbonyl (C=O) groups is 1. The summed E-state index contributed by atoms with van der Waals surface area (Å²) in [6.45, 7) is 5.00. The molecule has 7 heteroatoms. The summed E-state index contributed by atoms with van der Waals surface area (Å²) in [5.41, 5.74) is 3.57. The monoisotopic (exact) mass is 440 g/mol. The highest BCUT2D eigenvalue weighted by molar-refractivity contribution is 6.04. The highest BCUT2D eigenvalue weighted by Gasteiger charge is 2.13. The van der Waals surface area contributed by atoms with Crippen LogP contribution >= 0.6 is 0 Å². The summed E-state index contributed by atoms with van der Waals surface area (Å²) in [5, 5.41) is 3.49. The summed E-state index contributed by atoms with van der Waals surface area (Å²) in [4.78, 5) is 32.5. The highest BCUT2D eigenvalue weighted by atomic mass is 16.5. The standard InChI is InChI=1S/C26H24N4O3/c1-18-27-24-5-3-2-4-23(24)26(32)30(18)22-10-6-19(7-11-22)25(31)28-20-8-12-21(13-9-20)29-14-16-33-17-15-29/h2-13H,14-17H2,1H3,(H,28,31). The molecule has 1 amide bonds. The lowest BCUT2D eigenvalue weighted by molar-refractivity contribution is 0.102. The van der Waals surface area contributed by atoms with Crippen molar-refractivity contribution in [3.8, 4) is 5.69 Å². The Bertz CT molecular complexity index is 1360. The molecule has 0 spiro atoms. The largest absolute Gasteiger partial charge is 0.378 e. The van der Waals surface area contributed by atoms with Crippen molar-refractivity contribution in [2.75, 3.05) is 36.5 Å². The Morgan fingerprint density at radius 2 is 1.58 bits per heavy atom. The van der Waals surface area contributed by atoms with Crippen molar-refractivity contribution in [2.24, 2.45) is 0 Å². The van der Waals surface area contributed by atoms with Gasteiger partial charge in [-0.15, -0.1) is 0 Å². The molecule has 0 saturated carbocycles. The molecule has 166 valence electrons. The van der Waals surface area contributed by atoms with Gasteiger partial charge in [-0.05, 0) is 67.6 Å². The van der Waals surface area contributed by atoms with E-state index >= 15 is 0 Å². The van der Waals surface area contributed by atoms with Gasteiger partial charge in [-0.1, -0.05) is 12.1 Å². The van der Waals surface area contributed by atoms with Crippen LogP contribution in [0, 0.1) is 6.92 Å². The van der Waals surface area contributed by atoms with Gasteiger partial charge in [0.1, 0.15) is 5.82 Å². The zero-order chi connectivity index (χ0) is 22.8. The highest BCUT2D eigenvalue weighted by Crippen LogP contribution is 2.20. The third kappa shape index (κ3) is 4.23. The van der Waals surface area contributed by atoms with Crippen LogP contribution < -0.4 is 15.8 Å². The molecule has 1 aromatic heterocycles. The van der Waals surface area contributed by atoms with Gasteiger partial charge in [0.2, 0.25) is 0 Å².